The van der Waals surface area contributed by atoms with E-state index in [1.54, 1.807) is 0 Å². The summed E-state index contributed by atoms with van der Waals surface area (Å²) in [6, 6.07) is 16.9. The number of allylic oxidation sites excluding steroid dienone is 2. The monoisotopic (exact) mass is 338 g/mol. The highest BCUT2D eigenvalue weighted by atomic mass is 32.2. The fourth-order valence-corrected chi connectivity index (χ4v) is 2.85. The Labute approximate surface area is 150 Å². The Morgan fingerprint density at radius 1 is 0.833 bits per heavy atom. The maximum atomic E-state index is 5.67. The van der Waals surface area contributed by atoms with Crippen LogP contribution in [0.5, 0.6) is 5.75 Å². The van der Waals surface area contributed by atoms with Gasteiger partial charge in [0.2, 0.25) is 0 Å². The van der Waals surface area contributed by atoms with Crippen molar-refractivity contribution in [2.24, 2.45) is 0 Å². The summed E-state index contributed by atoms with van der Waals surface area (Å²) < 4.78 is 5.67. The molecule has 0 amide bonds. The molecular weight excluding hydrogens is 312 g/mol. The van der Waals surface area contributed by atoms with Crippen molar-refractivity contribution < 1.29 is 4.74 Å². The summed E-state index contributed by atoms with van der Waals surface area (Å²) in [6.07, 6.45) is 10.6. The average molecular weight is 339 g/mol. The van der Waals surface area contributed by atoms with E-state index >= 15 is 0 Å². The number of thioether (sulfide) groups is 1. The van der Waals surface area contributed by atoms with Crippen LogP contribution in [-0.2, 0) is 0 Å². The van der Waals surface area contributed by atoms with Crippen LogP contribution < -0.4 is 4.74 Å². The summed E-state index contributed by atoms with van der Waals surface area (Å²) in [5.74, 6) is 2.06. The summed E-state index contributed by atoms with van der Waals surface area (Å²) in [4.78, 5) is 1.33. The van der Waals surface area contributed by atoms with Gasteiger partial charge in [-0.25, -0.2) is 0 Å². The van der Waals surface area contributed by atoms with Crippen molar-refractivity contribution in [1.29, 1.82) is 0 Å². The fourth-order valence-electron chi connectivity index (χ4n) is 2.18. The van der Waals surface area contributed by atoms with E-state index in [2.05, 4.69) is 74.5 Å². The molecule has 2 aromatic rings. The molecular formula is C22H26OS. The molecule has 126 valence electrons. The van der Waals surface area contributed by atoms with Crippen LogP contribution in [0.15, 0.2) is 65.6 Å². The topological polar surface area (TPSA) is 9.23 Å². The third kappa shape index (κ3) is 6.67. The summed E-state index contributed by atoms with van der Waals surface area (Å²) >= 11 is 1.87. The summed E-state index contributed by atoms with van der Waals surface area (Å²) in [5.41, 5.74) is 2.40. The standard InChI is InChI=1S/C22H26OS/c1-3-5-18-23-21-14-10-19(11-15-21)8-6-7-9-20-12-16-22(17-13-20)24-4-2/h6-17H,3-5,18H2,1-2H3/b8-6+,9-7+. The third-order valence-corrected chi connectivity index (χ3v) is 4.42. The Kier molecular flexibility index (Phi) is 8.26. The highest BCUT2D eigenvalue weighted by Crippen LogP contribution is 2.18. The van der Waals surface area contributed by atoms with Crippen molar-refractivity contribution in [2.45, 2.75) is 31.6 Å². The van der Waals surface area contributed by atoms with Gasteiger partial charge < -0.3 is 4.74 Å². The molecule has 2 rings (SSSR count). The minimum Gasteiger partial charge on any atom is -0.494 e. The molecule has 2 aromatic carbocycles. The van der Waals surface area contributed by atoms with Crippen LogP contribution in [0.25, 0.3) is 12.2 Å². The molecule has 0 aliphatic rings. The Morgan fingerprint density at radius 3 is 1.96 bits per heavy atom. The molecule has 0 aliphatic heterocycles. The number of hydrogen-bond acceptors (Lipinski definition) is 2. The zero-order valence-electron chi connectivity index (χ0n) is 14.6. The molecule has 0 fully saturated rings. The second-order valence-corrected chi connectivity index (χ2v) is 6.83. The van der Waals surface area contributed by atoms with E-state index < -0.39 is 0 Å². The number of hydrogen-bond donors (Lipinski definition) is 0. The van der Waals surface area contributed by atoms with E-state index in [1.807, 2.05) is 23.9 Å². The molecule has 2 heteroatoms. The van der Waals surface area contributed by atoms with Crippen molar-refractivity contribution in [1.82, 2.24) is 0 Å². The molecule has 24 heavy (non-hydrogen) atoms. The summed E-state index contributed by atoms with van der Waals surface area (Å²) in [7, 11) is 0. The second kappa shape index (κ2) is 10.8. The quantitative estimate of drug-likeness (QED) is 0.286. The zero-order chi connectivity index (χ0) is 17.0. The van der Waals surface area contributed by atoms with Gasteiger partial charge in [0.1, 0.15) is 5.75 Å². The van der Waals surface area contributed by atoms with Crippen LogP contribution in [0.1, 0.15) is 37.8 Å². The molecule has 1 nitrogen and oxygen atoms in total. The first-order valence-electron chi connectivity index (χ1n) is 8.62. The number of rotatable bonds is 9. The van der Waals surface area contributed by atoms with E-state index in [4.69, 9.17) is 4.74 Å². The van der Waals surface area contributed by atoms with Gasteiger partial charge in [0.25, 0.3) is 0 Å². The van der Waals surface area contributed by atoms with E-state index in [0.717, 1.165) is 31.0 Å². The van der Waals surface area contributed by atoms with E-state index in [-0.39, 0.29) is 0 Å². The van der Waals surface area contributed by atoms with Gasteiger partial charge >= 0.3 is 0 Å². The molecule has 0 atom stereocenters. The lowest BCUT2D eigenvalue weighted by molar-refractivity contribution is 0.309. The predicted molar refractivity (Wildman–Crippen MR) is 108 cm³/mol. The number of benzene rings is 2. The minimum atomic E-state index is 0.796. The van der Waals surface area contributed by atoms with E-state index in [9.17, 15) is 0 Å². The zero-order valence-corrected chi connectivity index (χ0v) is 15.4. The highest BCUT2D eigenvalue weighted by Gasteiger charge is 1.93. The van der Waals surface area contributed by atoms with E-state index in [0.29, 0.717) is 0 Å². The first kappa shape index (κ1) is 18.4. The lowest BCUT2D eigenvalue weighted by atomic mass is 10.2. The Morgan fingerprint density at radius 2 is 1.42 bits per heavy atom. The Balaban J connectivity index is 1.84. The predicted octanol–water partition coefficient (Wildman–Crippen LogP) is 6.70. The van der Waals surface area contributed by atoms with E-state index in [1.165, 1.54) is 16.0 Å². The van der Waals surface area contributed by atoms with Crippen molar-refractivity contribution in [3.05, 3.63) is 71.8 Å². The lowest BCUT2D eigenvalue weighted by Crippen LogP contribution is -1.95. The van der Waals surface area contributed by atoms with Crippen LogP contribution in [0.4, 0.5) is 0 Å². The SMILES string of the molecule is CCCCOc1ccc(/C=C/C=C/c2ccc(SCC)cc2)cc1. The molecule has 0 saturated carbocycles. The summed E-state index contributed by atoms with van der Waals surface area (Å²) in [5, 5.41) is 0. The van der Waals surface area contributed by atoms with Crippen LogP contribution in [-0.4, -0.2) is 12.4 Å². The maximum Gasteiger partial charge on any atom is 0.119 e. The van der Waals surface area contributed by atoms with Crippen molar-refractivity contribution in [3.63, 3.8) is 0 Å². The van der Waals surface area contributed by atoms with Gasteiger partial charge in [-0.1, -0.05) is 68.8 Å². The molecule has 0 unspecified atom stereocenters. The first-order chi connectivity index (χ1) is 11.8. The van der Waals surface area contributed by atoms with Crippen molar-refractivity contribution >= 4 is 23.9 Å². The lowest BCUT2D eigenvalue weighted by Gasteiger charge is -2.04. The van der Waals surface area contributed by atoms with Gasteiger partial charge in [-0.2, -0.15) is 0 Å². The fraction of sp³-hybridized carbons (Fsp3) is 0.273. The van der Waals surface area contributed by atoms with Gasteiger partial charge in [-0.05, 0) is 47.6 Å². The van der Waals surface area contributed by atoms with Crippen molar-refractivity contribution in [3.8, 4) is 5.75 Å². The summed E-state index contributed by atoms with van der Waals surface area (Å²) in [6.45, 7) is 5.14. The molecule has 0 heterocycles. The largest absolute Gasteiger partial charge is 0.494 e. The molecule has 0 aromatic heterocycles. The Hall–Kier alpha value is -1.93. The van der Waals surface area contributed by atoms with Gasteiger partial charge in [-0.3, -0.25) is 0 Å². The number of ether oxygens (including phenoxy) is 1. The van der Waals surface area contributed by atoms with Crippen LogP contribution in [0.2, 0.25) is 0 Å². The first-order valence-corrected chi connectivity index (χ1v) is 9.61. The Bertz CT molecular complexity index is 639. The molecule has 0 saturated heterocycles. The normalized spacial score (nSPS) is 11.4. The second-order valence-electron chi connectivity index (χ2n) is 5.49. The van der Waals surface area contributed by atoms with Crippen LogP contribution in [0, 0.1) is 0 Å². The van der Waals surface area contributed by atoms with Gasteiger partial charge in [0.15, 0.2) is 0 Å². The van der Waals surface area contributed by atoms with Crippen LogP contribution in [0.3, 0.4) is 0 Å². The van der Waals surface area contributed by atoms with Gasteiger partial charge in [-0.15, -0.1) is 11.8 Å². The van der Waals surface area contributed by atoms with Crippen molar-refractivity contribution in [2.75, 3.05) is 12.4 Å². The minimum absolute atomic E-state index is 0.796. The highest BCUT2D eigenvalue weighted by molar-refractivity contribution is 7.99. The van der Waals surface area contributed by atoms with Gasteiger partial charge in [0, 0.05) is 4.90 Å². The maximum absolute atomic E-state index is 5.67. The van der Waals surface area contributed by atoms with Gasteiger partial charge in [0.05, 0.1) is 6.61 Å². The third-order valence-electron chi connectivity index (χ3n) is 3.53. The molecule has 0 spiro atoms. The number of unbranched alkanes of at least 4 members (excludes halogenated alkanes) is 1. The molecule has 0 bridgehead atoms. The average Bonchev–Trinajstić information content (AvgIpc) is 2.62. The molecule has 0 radical (unpaired) electrons. The molecule has 0 aliphatic carbocycles. The van der Waals surface area contributed by atoms with Crippen LogP contribution >= 0.6 is 11.8 Å². The smallest absolute Gasteiger partial charge is 0.119 e. The molecule has 0 N–H and O–H groups in total.